The molecule has 22 heavy (non-hydrogen) atoms. The summed E-state index contributed by atoms with van der Waals surface area (Å²) >= 11 is 0. The van der Waals surface area contributed by atoms with Crippen molar-refractivity contribution in [3.8, 4) is 0 Å². The highest BCUT2D eigenvalue weighted by atomic mass is 16.3. The van der Waals surface area contributed by atoms with Gasteiger partial charge in [-0.05, 0) is 24.5 Å². The standard InChI is InChI=1S/C16H21N5O/c1-20(2)15-7-9-21-11-14(18-16(21)19-15)12-3-5-13(6-4-12)17-8-10-22/h3,7,9,11,22H,4-6,8,10H2,1-2H3. The van der Waals surface area contributed by atoms with Gasteiger partial charge in [0.2, 0.25) is 5.78 Å². The van der Waals surface area contributed by atoms with Crippen molar-refractivity contribution in [3.05, 3.63) is 30.2 Å². The third-order valence-electron chi connectivity index (χ3n) is 3.80. The Kier molecular flexibility index (Phi) is 4.20. The molecule has 0 saturated carbocycles. The highest BCUT2D eigenvalue weighted by Crippen LogP contribution is 2.25. The Labute approximate surface area is 129 Å². The Morgan fingerprint density at radius 2 is 2.18 bits per heavy atom. The zero-order valence-corrected chi connectivity index (χ0v) is 13.0. The average molecular weight is 299 g/mol. The first-order valence-electron chi connectivity index (χ1n) is 7.53. The van der Waals surface area contributed by atoms with E-state index in [1.807, 2.05) is 41.9 Å². The lowest BCUT2D eigenvalue weighted by Crippen LogP contribution is -2.11. The minimum Gasteiger partial charge on any atom is -0.394 e. The predicted octanol–water partition coefficient (Wildman–Crippen LogP) is 1.80. The summed E-state index contributed by atoms with van der Waals surface area (Å²) in [5, 5.41) is 8.82. The molecule has 0 radical (unpaired) electrons. The summed E-state index contributed by atoms with van der Waals surface area (Å²) in [6.07, 6.45) is 8.94. The van der Waals surface area contributed by atoms with Crippen molar-refractivity contribution in [1.82, 2.24) is 14.4 Å². The van der Waals surface area contributed by atoms with Crippen molar-refractivity contribution in [3.63, 3.8) is 0 Å². The van der Waals surface area contributed by atoms with Crippen LogP contribution in [-0.2, 0) is 0 Å². The van der Waals surface area contributed by atoms with E-state index in [1.165, 1.54) is 5.57 Å². The highest BCUT2D eigenvalue weighted by molar-refractivity contribution is 5.91. The lowest BCUT2D eigenvalue weighted by atomic mass is 9.96. The molecule has 0 aromatic carbocycles. The van der Waals surface area contributed by atoms with Crippen molar-refractivity contribution >= 4 is 22.9 Å². The van der Waals surface area contributed by atoms with E-state index in [-0.39, 0.29) is 6.61 Å². The van der Waals surface area contributed by atoms with E-state index in [2.05, 4.69) is 21.0 Å². The van der Waals surface area contributed by atoms with Gasteiger partial charge < -0.3 is 10.0 Å². The van der Waals surface area contributed by atoms with Gasteiger partial charge in [0.15, 0.2) is 0 Å². The number of aromatic nitrogens is 3. The van der Waals surface area contributed by atoms with Gasteiger partial charge in [-0.25, -0.2) is 4.98 Å². The summed E-state index contributed by atoms with van der Waals surface area (Å²) < 4.78 is 1.96. The number of anilines is 1. The first-order chi connectivity index (χ1) is 10.7. The number of aliphatic hydroxyl groups excluding tert-OH is 1. The fourth-order valence-electron chi connectivity index (χ4n) is 2.58. The van der Waals surface area contributed by atoms with Crippen molar-refractivity contribution in [2.24, 2.45) is 4.99 Å². The molecule has 6 nitrogen and oxygen atoms in total. The third-order valence-corrected chi connectivity index (χ3v) is 3.80. The van der Waals surface area contributed by atoms with Crippen molar-refractivity contribution in [2.75, 3.05) is 32.1 Å². The minimum atomic E-state index is 0.117. The van der Waals surface area contributed by atoms with Crippen LogP contribution in [0.2, 0.25) is 0 Å². The summed E-state index contributed by atoms with van der Waals surface area (Å²) in [6.45, 7) is 0.622. The number of hydrogen-bond donors (Lipinski definition) is 1. The Balaban J connectivity index is 1.83. The average Bonchev–Trinajstić information content (AvgIpc) is 2.96. The molecule has 1 aliphatic rings. The molecule has 0 unspecified atom stereocenters. The van der Waals surface area contributed by atoms with E-state index in [1.54, 1.807) is 0 Å². The number of imidazole rings is 1. The second-order valence-corrected chi connectivity index (χ2v) is 5.62. The van der Waals surface area contributed by atoms with Crippen LogP contribution >= 0.6 is 0 Å². The molecule has 116 valence electrons. The number of aliphatic hydroxyl groups is 1. The van der Waals surface area contributed by atoms with Gasteiger partial charge >= 0.3 is 0 Å². The number of nitrogens with zero attached hydrogens (tertiary/aromatic N) is 5. The van der Waals surface area contributed by atoms with Crippen LogP contribution in [0.5, 0.6) is 0 Å². The number of fused-ring (bicyclic) bond motifs is 1. The zero-order valence-electron chi connectivity index (χ0n) is 13.0. The van der Waals surface area contributed by atoms with Gasteiger partial charge in [0.25, 0.3) is 0 Å². The van der Waals surface area contributed by atoms with Crippen LogP contribution in [0.3, 0.4) is 0 Å². The Hall–Kier alpha value is -2.21. The summed E-state index contributed by atoms with van der Waals surface area (Å²) in [6, 6.07) is 1.98. The lowest BCUT2D eigenvalue weighted by molar-refractivity contribution is 0.306. The van der Waals surface area contributed by atoms with E-state index in [4.69, 9.17) is 5.11 Å². The zero-order chi connectivity index (χ0) is 15.5. The monoisotopic (exact) mass is 299 g/mol. The van der Waals surface area contributed by atoms with Crippen molar-refractivity contribution < 1.29 is 5.11 Å². The highest BCUT2D eigenvalue weighted by Gasteiger charge is 2.14. The van der Waals surface area contributed by atoms with Crippen LogP contribution in [0.1, 0.15) is 25.0 Å². The molecule has 0 spiro atoms. The summed E-state index contributed by atoms with van der Waals surface area (Å²) in [5.41, 5.74) is 3.40. The van der Waals surface area contributed by atoms with Gasteiger partial charge in [-0.2, -0.15) is 4.98 Å². The fraction of sp³-hybridized carbons (Fsp3) is 0.438. The molecule has 2 aromatic rings. The van der Waals surface area contributed by atoms with Gasteiger partial charge in [0.1, 0.15) is 5.82 Å². The molecular formula is C16H21N5O. The maximum Gasteiger partial charge on any atom is 0.236 e. The fourth-order valence-corrected chi connectivity index (χ4v) is 2.58. The first-order valence-corrected chi connectivity index (χ1v) is 7.53. The minimum absolute atomic E-state index is 0.117. The maximum absolute atomic E-state index is 8.82. The number of aliphatic imine (C=N–C) groups is 1. The number of hydrogen-bond acceptors (Lipinski definition) is 5. The van der Waals surface area contributed by atoms with Gasteiger partial charge in [-0.1, -0.05) is 6.08 Å². The third kappa shape index (κ3) is 3.01. The molecule has 6 heteroatoms. The molecule has 0 fully saturated rings. The molecule has 2 heterocycles. The van der Waals surface area contributed by atoms with Gasteiger partial charge in [0.05, 0.1) is 18.8 Å². The topological polar surface area (TPSA) is 66.0 Å². The second-order valence-electron chi connectivity index (χ2n) is 5.62. The number of allylic oxidation sites excluding steroid dienone is 2. The van der Waals surface area contributed by atoms with Crippen LogP contribution in [0, 0.1) is 0 Å². The van der Waals surface area contributed by atoms with Crippen LogP contribution < -0.4 is 4.90 Å². The van der Waals surface area contributed by atoms with Crippen LogP contribution in [0.15, 0.2) is 29.5 Å². The lowest BCUT2D eigenvalue weighted by Gasteiger charge is -2.13. The molecule has 0 amide bonds. The largest absolute Gasteiger partial charge is 0.394 e. The molecule has 1 N–H and O–H groups in total. The molecule has 0 atom stereocenters. The predicted molar refractivity (Wildman–Crippen MR) is 88.5 cm³/mol. The van der Waals surface area contributed by atoms with Crippen molar-refractivity contribution in [2.45, 2.75) is 19.3 Å². The summed E-state index contributed by atoms with van der Waals surface area (Å²) in [4.78, 5) is 15.5. The van der Waals surface area contributed by atoms with Gasteiger partial charge in [-0.3, -0.25) is 9.39 Å². The van der Waals surface area contributed by atoms with Gasteiger partial charge in [0, 0.05) is 38.6 Å². The van der Waals surface area contributed by atoms with E-state index < -0.39 is 0 Å². The smallest absolute Gasteiger partial charge is 0.236 e. The molecule has 2 aromatic heterocycles. The normalized spacial score (nSPS) is 17.0. The summed E-state index contributed by atoms with van der Waals surface area (Å²) in [5.74, 6) is 1.63. The maximum atomic E-state index is 8.82. The molecule has 0 bridgehead atoms. The van der Waals surface area contributed by atoms with Crippen molar-refractivity contribution in [1.29, 1.82) is 0 Å². The van der Waals surface area contributed by atoms with E-state index in [0.29, 0.717) is 6.54 Å². The van der Waals surface area contributed by atoms with Crippen LogP contribution in [-0.4, -0.2) is 52.4 Å². The van der Waals surface area contributed by atoms with E-state index >= 15 is 0 Å². The quantitative estimate of drug-likeness (QED) is 0.935. The summed E-state index contributed by atoms with van der Waals surface area (Å²) in [7, 11) is 3.94. The first kappa shape index (κ1) is 14.7. The Morgan fingerprint density at radius 1 is 1.32 bits per heavy atom. The van der Waals surface area contributed by atoms with E-state index in [0.717, 1.165) is 42.3 Å². The molecule has 1 aliphatic carbocycles. The Morgan fingerprint density at radius 3 is 2.86 bits per heavy atom. The van der Waals surface area contributed by atoms with Gasteiger partial charge in [-0.15, -0.1) is 0 Å². The Bertz CT molecular complexity index is 729. The van der Waals surface area contributed by atoms with Crippen LogP contribution in [0.25, 0.3) is 11.4 Å². The molecular weight excluding hydrogens is 278 g/mol. The van der Waals surface area contributed by atoms with Crippen LogP contribution in [0.4, 0.5) is 5.82 Å². The number of rotatable bonds is 4. The molecule has 3 rings (SSSR count). The van der Waals surface area contributed by atoms with E-state index in [9.17, 15) is 0 Å². The molecule has 0 aliphatic heterocycles. The molecule has 0 saturated heterocycles. The second kappa shape index (κ2) is 6.27. The SMILES string of the molecule is CN(C)c1ccn2cc(C3=CCC(=NCCO)CC3)nc2n1.